The van der Waals surface area contributed by atoms with Crippen molar-refractivity contribution in [2.45, 2.75) is 31.7 Å². The summed E-state index contributed by atoms with van der Waals surface area (Å²) in [5, 5.41) is 6.29. The van der Waals surface area contributed by atoms with Gasteiger partial charge in [-0.1, -0.05) is 30.7 Å². The van der Waals surface area contributed by atoms with Crippen LogP contribution in [0.4, 0.5) is 4.39 Å². The lowest BCUT2D eigenvalue weighted by molar-refractivity contribution is -0.134. The van der Waals surface area contributed by atoms with Crippen LogP contribution in [0.3, 0.4) is 0 Å². The van der Waals surface area contributed by atoms with E-state index in [-0.39, 0.29) is 17.8 Å². The Bertz CT molecular complexity index is 874. The SMILES string of the molecule is COc1ccc([C@@H]2CC(c3ccc(F)cc3)=NN2C(=O)CN2CCCCC2)cc1. The molecule has 152 valence electrons. The Morgan fingerprint density at radius 2 is 1.76 bits per heavy atom. The lowest BCUT2D eigenvalue weighted by atomic mass is 9.98. The van der Waals surface area contributed by atoms with Gasteiger partial charge in [-0.2, -0.15) is 5.10 Å². The van der Waals surface area contributed by atoms with Gasteiger partial charge in [0.2, 0.25) is 0 Å². The predicted molar refractivity (Wildman–Crippen MR) is 110 cm³/mol. The molecular weight excluding hydrogens is 369 g/mol. The van der Waals surface area contributed by atoms with E-state index < -0.39 is 0 Å². The number of rotatable bonds is 5. The van der Waals surface area contributed by atoms with Gasteiger partial charge in [0.05, 0.1) is 25.4 Å². The van der Waals surface area contributed by atoms with Crippen LogP contribution in [-0.4, -0.2) is 48.3 Å². The minimum Gasteiger partial charge on any atom is -0.497 e. The monoisotopic (exact) mass is 395 g/mol. The van der Waals surface area contributed by atoms with E-state index in [9.17, 15) is 9.18 Å². The van der Waals surface area contributed by atoms with E-state index in [1.54, 1.807) is 24.3 Å². The zero-order chi connectivity index (χ0) is 20.2. The minimum absolute atomic E-state index is 0.00447. The molecule has 2 aliphatic heterocycles. The second-order valence-electron chi connectivity index (χ2n) is 7.62. The zero-order valence-corrected chi connectivity index (χ0v) is 16.7. The molecule has 0 bridgehead atoms. The highest BCUT2D eigenvalue weighted by molar-refractivity contribution is 6.03. The van der Waals surface area contributed by atoms with Gasteiger partial charge in [0.25, 0.3) is 5.91 Å². The summed E-state index contributed by atoms with van der Waals surface area (Å²) in [4.78, 5) is 15.4. The molecule has 6 heteroatoms. The fraction of sp³-hybridized carbons (Fsp3) is 0.391. The number of ether oxygens (including phenoxy) is 1. The maximum Gasteiger partial charge on any atom is 0.257 e. The normalized spacial score (nSPS) is 19.9. The highest BCUT2D eigenvalue weighted by Crippen LogP contribution is 2.34. The number of amides is 1. The number of hydrogen-bond acceptors (Lipinski definition) is 4. The first-order chi connectivity index (χ1) is 14.1. The number of nitrogens with zero attached hydrogens (tertiary/aromatic N) is 3. The molecule has 5 nitrogen and oxygen atoms in total. The molecule has 1 atom stereocenters. The molecule has 1 saturated heterocycles. The van der Waals surface area contributed by atoms with Gasteiger partial charge < -0.3 is 4.74 Å². The van der Waals surface area contributed by atoms with Crippen molar-refractivity contribution >= 4 is 11.6 Å². The molecule has 0 unspecified atom stereocenters. The van der Waals surface area contributed by atoms with Crippen LogP contribution in [0.2, 0.25) is 0 Å². The Morgan fingerprint density at radius 3 is 2.41 bits per heavy atom. The molecule has 0 radical (unpaired) electrons. The largest absolute Gasteiger partial charge is 0.497 e. The van der Waals surface area contributed by atoms with Crippen molar-refractivity contribution < 1.29 is 13.9 Å². The Labute approximate surface area is 170 Å². The summed E-state index contributed by atoms with van der Waals surface area (Å²) >= 11 is 0. The number of likely N-dealkylation sites (tertiary alicyclic amines) is 1. The lowest BCUT2D eigenvalue weighted by Gasteiger charge is -2.29. The fourth-order valence-electron chi connectivity index (χ4n) is 4.02. The molecule has 0 N–H and O–H groups in total. The van der Waals surface area contributed by atoms with Crippen molar-refractivity contribution in [3.63, 3.8) is 0 Å². The maximum absolute atomic E-state index is 13.3. The highest BCUT2D eigenvalue weighted by Gasteiger charge is 2.33. The van der Waals surface area contributed by atoms with Crippen LogP contribution in [0, 0.1) is 5.82 Å². The van der Waals surface area contributed by atoms with E-state index in [2.05, 4.69) is 10.0 Å². The van der Waals surface area contributed by atoms with Crippen LogP contribution in [0.15, 0.2) is 53.6 Å². The van der Waals surface area contributed by atoms with E-state index in [1.807, 2.05) is 24.3 Å². The number of carbonyl (C=O) groups is 1. The summed E-state index contributed by atoms with van der Waals surface area (Å²) in [6.45, 7) is 2.30. The Hall–Kier alpha value is -2.73. The molecule has 1 amide bonds. The van der Waals surface area contributed by atoms with E-state index in [0.717, 1.165) is 48.5 Å². The molecule has 0 aliphatic carbocycles. The topological polar surface area (TPSA) is 45.1 Å². The second-order valence-corrected chi connectivity index (χ2v) is 7.62. The second kappa shape index (κ2) is 8.74. The Kier molecular flexibility index (Phi) is 5.90. The van der Waals surface area contributed by atoms with Gasteiger partial charge in [-0.15, -0.1) is 0 Å². The van der Waals surface area contributed by atoms with Crippen LogP contribution >= 0.6 is 0 Å². The van der Waals surface area contributed by atoms with Crippen LogP contribution in [0.25, 0.3) is 0 Å². The molecule has 4 rings (SSSR count). The summed E-state index contributed by atoms with van der Waals surface area (Å²) in [5.74, 6) is 0.500. The summed E-state index contributed by atoms with van der Waals surface area (Å²) in [5.41, 5.74) is 2.66. The van der Waals surface area contributed by atoms with E-state index in [1.165, 1.54) is 18.6 Å². The summed E-state index contributed by atoms with van der Waals surface area (Å²) in [6, 6.07) is 13.9. The Morgan fingerprint density at radius 1 is 1.07 bits per heavy atom. The Balaban J connectivity index is 1.59. The molecule has 0 spiro atoms. The standard InChI is InChI=1S/C23H26FN3O2/c1-29-20-11-7-18(8-12-20)22-15-21(17-5-9-19(24)10-6-17)25-27(22)23(28)16-26-13-3-2-4-14-26/h5-12,22H,2-4,13-16H2,1H3/t22-/m0/s1. The molecule has 0 saturated carbocycles. The molecule has 2 aromatic rings. The fourth-order valence-corrected chi connectivity index (χ4v) is 4.02. The van der Waals surface area contributed by atoms with Crippen molar-refractivity contribution in [3.8, 4) is 5.75 Å². The van der Waals surface area contributed by atoms with Gasteiger partial charge in [0.1, 0.15) is 11.6 Å². The van der Waals surface area contributed by atoms with Gasteiger partial charge in [0.15, 0.2) is 0 Å². The van der Waals surface area contributed by atoms with Gasteiger partial charge in [0, 0.05) is 6.42 Å². The number of piperidine rings is 1. The number of hydrogen-bond donors (Lipinski definition) is 0. The first-order valence-corrected chi connectivity index (χ1v) is 10.2. The van der Waals surface area contributed by atoms with Gasteiger partial charge in [-0.25, -0.2) is 9.40 Å². The smallest absolute Gasteiger partial charge is 0.257 e. The van der Waals surface area contributed by atoms with Crippen LogP contribution in [0.5, 0.6) is 5.75 Å². The van der Waals surface area contributed by atoms with Crippen LogP contribution < -0.4 is 4.74 Å². The average molecular weight is 395 g/mol. The highest BCUT2D eigenvalue weighted by atomic mass is 19.1. The molecule has 0 aromatic heterocycles. The third-order valence-corrected chi connectivity index (χ3v) is 5.65. The van der Waals surface area contributed by atoms with Crippen molar-refractivity contribution in [2.75, 3.05) is 26.7 Å². The number of halogens is 1. The minimum atomic E-state index is -0.280. The number of methoxy groups -OCH3 is 1. The molecule has 2 aromatic carbocycles. The predicted octanol–water partition coefficient (Wildman–Crippen LogP) is 4.00. The van der Waals surface area contributed by atoms with Gasteiger partial charge in [-0.3, -0.25) is 9.69 Å². The molecular formula is C23H26FN3O2. The summed E-state index contributed by atoms with van der Waals surface area (Å²) in [7, 11) is 1.63. The summed E-state index contributed by atoms with van der Waals surface area (Å²) < 4.78 is 18.6. The molecule has 29 heavy (non-hydrogen) atoms. The zero-order valence-electron chi connectivity index (χ0n) is 16.7. The van der Waals surface area contributed by atoms with Crippen LogP contribution in [0.1, 0.15) is 42.9 Å². The molecule has 2 heterocycles. The van der Waals surface area contributed by atoms with Crippen LogP contribution in [-0.2, 0) is 4.79 Å². The third-order valence-electron chi connectivity index (χ3n) is 5.65. The quantitative estimate of drug-likeness (QED) is 0.769. The molecule has 2 aliphatic rings. The van der Waals surface area contributed by atoms with Crippen molar-refractivity contribution in [1.82, 2.24) is 9.91 Å². The van der Waals surface area contributed by atoms with Gasteiger partial charge in [-0.05, 0) is 61.3 Å². The first-order valence-electron chi connectivity index (χ1n) is 10.2. The first kappa shape index (κ1) is 19.6. The summed E-state index contributed by atoms with van der Waals surface area (Å²) in [6.07, 6.45) is 4.11. The number of carbonyl (C=O) groups excluding carboxylic acids is 1. The van der Waals surface area contributed by atoms with Crippen molar-refractivity contribution in [1.29, 1.82) is 0 Å². The maximum atomic E-state index is 13.3. The molecule has 1 fully saturated rings. The van der Waals surface area contributed by atoms with Gasteiger partial charge >= 0.3 is 0 Å². The van der Waals surface area contributed by atoms with E-state index in [0.29, 0.717) is 13.0 Å². The van der Waals surface area contributed by atoms with Crippen molar-refractivity contribution in [2.24, 2.45) is 5.10 Å². The number of hydrazone groups is 1. The lowest BCUT2D eigenvalue weighted by Crippen LogP contribution is -2.40. The van der Waals surface area contributed by atoms with E-state index in [4.69, 9.17) is 4.74 Å². The average Bonchev–Trinajstić information content (AvgIpc) is 3.21. The van der Waals surface area contributed by atoms with E-state index >= 15 is 0 Å². The third kappa shape index (κ3) is 4.48. The van der Waals surface area contributed by atoms with Crippen molar-refractivity contribution in [3.05, 3.63) is 65.5 Å². The number of benzene rings is 2.